The van der Waals surface area contributed by atoms with Gasteiger partial charge >= 0.3 is 5.97 Å². The van der Waals surface area contributed by atoms with E-state index in [0.29, 0.717) is 34.0 Å². The van der Waals surface area contributed by atoms with Crippen LogP contribution in [-0.2, 0) is 11.3 Å². The van der Waals surface area contributed by atoms with E-state index >= 15 is 0 Å². The van der Waals surface area contributed by atoms with Crippen LogP contribution in [0.4, 0.5) is 0 Å². The van der Waals surface area contributed by atoms with Gasteiger partial charge in [0.2, 0.25) is 5.82 Å². The van der Waals surface area contributed by atoms with E-state index in [1.807, 2.05) is 38.1 Å². The lowest BCUT2D eigenvalue weighted by Gasteiger charge is -2.12. The summed E-state index contributed by atoms with van der Waals surface area (Å²) in [5, 5.41) is 3.86. The molecule has 146 valence electrons. The third kappa shape index (κ3) is 4.51. The Morgan fingerprint density at radius 3 is 2.64 bits per heavy atom. The number of methoxy groups -OCH3 is 1. The summed E-state index contributed by atoms with van der Waals surface area (Å²) in [5.41, 5.74) is 2.25. The Hall–Kier alpha value is -2.87. The molecule has 3 rings (SSSR count). The van der Waals surface area contributed by atoms with Crippen molar-refractivity contribution in [3.05, 3.63) is 57.8 Å². The molecule has 28 heavy (non-hydrogen) atoms. The summed E-state index contributed by atoms with van der Waals surface area (Å²) < 4.78 is 21.9. The fourth-order valence-electron chi connectivity index (χ4n) is 2.49. The molecular formula is C20H19BrN2O5. The van der Waals surface area contributed by atoms with Crippen molar-refractivity contribution in [1.82, 2.24) is 10.1 Å². The molecule has 1 heterocycles. The third-order valence-electron chi connectivity index (χ3n) is 3.85. The second kappa shape index (κ2) is 8.88. The van der Waals surface area contributed by atoms with Crippen molar-refractivity contribution in [2.45, 2.75) is 20.5 Å². The zero-order chi connectivity index (χ0) is 20.1. The van der Waals surface area contributed by atoms with Gasteiger partial charge in [-0.3, -0.25) is 0 Å². The first-order valence-corrected chi connectivity index (χ1v) is 9.38. The van der Waals surface area contributed by atoms with Gasteiger partial charge in [-0.05, 0) is 54.0 Å². The van der Waals surface area contributed by atoms with Crippen LogP contribution in [0.3, 0.4) is 0 Å². The van der Waals surface area contributed by atoms with Gasteiger partial charge in [-0.25, -0.2) is 4.79 Å². The van der Waals surface area contributed by atoms with Crippen LogP contribution >= 0.6 is 15.9 Å². The molecule has 0 bridgehead atoms. The van der Waals surface area contributed by atoms with E-state index in [2.05, 4.69) is 26.1 Å². The van der Waals surface area contributed by atoms with Crippen LogP contribution in [0.5, 0.6) is 11.5 Å². The molecule has 2 aromatic carbocycles. The van der Waals surface area contributed by atoms with Crippen molar-refractivity contribution in [1.29, 1.82) is 0 Å². The molecule has 0 aliphatic heterocycles. The molecule has 0 aliphatic carbocycles. The van der Waals surface area contributed by atoms with Crippen LogP contribution in [0.1, 0.15) is 28.7 Å². The van der Waals surface area contributed by atoms with E-state index < -0.39 is 5.97 Å². The normalized spacial score (nSPS) is 10.6. The highest BCUT2D eigenvalue weighted by Crippen LogP contribution is 2.36. The van der Waals surface area contributed by atoms with Gasteiger partial charge in [0.15, 0.2) is 18.1 Å². The van der Waals surface area contributed by atoms with E-state index in [0.717, 1.165) is 11.1 Å². The molecule has 8 heteroatoms. The molecule has 0 aliphatic rings. The van der Waals surface area contributed by atoms with E-state index in [1.54, 1.807) is 12.1 Å². The highest BCUT2D eigenvalue weighted by Gasteiger charge is 2.17. The first-order chi connectivity index (χ1) is 13.5. The molecule has 0 saturated carbocycles. The number of benzene rings is 2. The minimum absolute atomic E-state index is 0.109. The van der Waals surface area contributed by atoms with Crippen molar-refractivity contribution in [2.75, 3.05) is 13.7 Å². The minimum atomic E-state index is -0.536. The van der Waals surface area contributed by atoms with Crippen LogP contribution in [0.15, 0.2) is 45.4 Å². The van der Waals surface area contributed by atoms with Gasteiger partial charge < -0.3 is 18.7 Å². The Kier molecular flexibility index (Phi) is 6.30. The molecule has 0 atom stereocenters. The number of halogens is 1. The maximum absolute atomic E-state index is 12.4. The SMILES string of the molecule is CCOc1cc(C(=O)OCc2noc(-c3ccc(C)cc3)n2)cc(Br)c1OC. The number of carbonyl (C=O) groups excluding carboxylic acids is 1. The van der Waals surface area contributed by atoms with Crippen molar-refractivity contribution in [2.24, 2.45) is 0 Å². The first-order valence-electron chi connectivity index (χ1n) is 8.59. The second-order valence-corrected chi connectivity index (χ2v) is 6.73. The van der Waals surface area contributed by atoms with E-state index in [1.165, 1.54) is 7.11 Å². The molecule has 1 aromatic heterocycles. The van der Waals surface area contributed by atoms with Crippen LogP contribution in [-0.4, -0.2) is 29.8 Å². The number of carbonyl (C=O) groups is 1. The summed E-state index contributed by atoms with van der Waals surface area (Å²) in [6.07, 6.45) is 0. The maximum atomic E-state index is 12.4. The standard InChI is InChI=1S/C20H19BrN2O5/c1-4-26-16-10-14(9-15(21)18(16)25-3)20(24)27-11-17-22-19(28-23-17)13-7-5-12(2)6-8-13/h5-10H,4,11H2,1-3H3. The summed E-state index contributed by atoms with van der Waals surface area (Å²) in [5.74, 6) is 1.08. The van der Waals surface area contributed by atoms with Gasteiger partial charge in [0.05, 0.1) is 23.8 Å². The summed E-state index contributed by atoms with van der Waals surface area (Å²) in [6.45, 7) is 4.17. The minimum Gasteiger partial charge on any atom is -0.492 e. The number of ether oxygens (including phenoxy) is 3. The predicted octanol–water partition coefficient (Wildman–Crippen LogP) is 4.57. The van der Waals surface area contributed by atoms with Crippen molar-refractivity contribution < 1.29 is 23.5 Å². The van der Waals surface area contributed by atoms with Crippen molar-refractivity contribution in [3.8, 4) is 23.0 Å². The number of rotatable bonds is 7. The van der Waals surface area contributed by atoms with Crippen LogP contribution in [0.2, 0.25) is 0 Å². The molecule has 3 aromatic rings. The summed E-state index contributed by atoms with van der Waals surface area (Å²) in [4.78, 5) is 16.7. The average Bonchev–Trinajstić information content (AvgIpc) is 3.15. The molecule has 0 N–H and O–H groups in total. The highest BCUT2D eigenvalue weighted by molar-refractivity contribution is 9.10. The molecular weight excluding hydrogens is 428 g/mol. The van der Waals surface area contributed by atoms with Gasteiger partial charge in [0.25, 0.3) is 5.89 Å². The lowest BCUT2D eigenvalue weighted by atomic mass is 10.1. The lowest BCUT2D eigenvalue weighted by Crippen LogP contribution is -2.07. The Balaban J connectivity index is 1.70. The number of aromatic nitrogens is 2. The predicted molar refractivity (Wildman–Crippen MR) is 105 cm³/mol. The van der Waals surface area contributed by atoms with Crippen LogP contribution < -0.4 is 9.47 Å². The highest BCUT2D eigenvalue weighted by atomic mass is 79.9. The Labute approximate surface area is 170 Å². The Bertz CT molecular complexity index is 969. The molecule has 0 spiro atoms. The molecule has 0 fully saturated rings. The number of aryl methyl sites for hydroxylation is 1. The molecule has 0 radical (unpaired) electrons. The monoisotopic (exact) mass is 446 g/mol. The van der Waals surface area contributed by atoms with Crippen molar-refractivity contribution in [3.63, 3.8) is 0 Å². The van der Waals surface area contributed by atoms with Crippen LogP contribution in [0, 0.1) is 6.92 Å². The molecule has 0 saturated heterocycles. The fourth-order valence-corrected chi connectivity index (χ4v) is 3.09. The maximum Gasteiger partial charge on any atom is 0.338 e. The Morgan fingerprint density at radius 2 is 1.96 bits per heavy atom. The van der Waals surface area contributed by atoms with Gasteiger partial charge in [-0.1, -0.05) is 22.9 Å². The van der Waals surface area contributed by atoms with Gasteiger partial charge in [0, 0.05) is 5.56 Å². The van der Waals surface area contributed by atoms with Crippen molar-refractivity contribution >= 4 is 21.9 Å². The van der Waals surface area contributed by atoms with Crippen LogP contribution in [0.25, 0.3) is 11.5 Å². The van der Waals surface area contributed by atoms with E-state index in [-0.39, 0.29) is 12.4 Å². The first kappa shape index (κ1) is 19.9. The van der Waals surface area contributed by atoms with Gasteiger partial charge in [-0.2, -0.15) is 4.98 Å². The molecule has 0 amide bonds. The number of esters is 1. The summed E-state index contributed by atoms with van der Waals surface area (Å²) in [7, 11) is 1.53. The zero-order valence-corrected chi connectivity index (χ0v) is 17.3. The largest absolute Gasteiger partial charge is 0.492 e. The van der Waals surface area contributed by atoms with Gasteiger partial charge in [-0.15, -0.1) is 0 Å². The summed E-state index contributed by atoms with van der Waals surface area (Å²) in [6, 6.07) is 10.9. The Morgan fingerprint density at radius 1 is 1.21 bits per heavy atom. The quantitative estimate of drug-likeness (QED) is 0.491. The average molecular weight is 447 g/mol. The fraction of sp³-hybridized carbons (Fsp3) is 0.250. The molecule has 7 nitrogen and oxygen atoms in total. The number of hydrogen-bond acceptors (Lipinski definition) is 7. The van der Waals surface area contributed by atoms with Gasteiger partial charge in [0.1, 0.15) is 0 Å². The zero-order valence-electron chi connectivity index (χ0n) is 15.7. The number of hydrogen-bond donors (Lipinski definition) is 0. The molecule has 0 unspecified atom stereocenters. The second-order valence-electron chi connectivity index (χ2n) is 5.88. The topological polar surface area (TPSA) is 83.7 Å². The third-order valence-corrected chi connectivity index (χ3v) is 4.44. The van der Waals surface area contributed by atoms with E-state index in [9.17, 15) is 4.79 Å². The lowest BCUT2D eigenvalue weighted by molar-refractivity contribution is 0.0459. The van der Waals surface area contributed by atoms with E-state index in [4.69, 9.17) is 18.7 Å². The summed E-state index contributed by atoms with van der Waals surface area (Å²) >= 11 is 3.37. The number of nitrogens with zero attached hydrogens (tertiary/aromatic N) is 2. The smallest absolute Gasteiger partial charge is 0.338 e.